The van der Waals surface area contributed by atoms with Gasteiger partial charge in [0.15, 0.2) is 0 Å². The summed E-state index contributed by atoms with van der Waals surface area (Å²) in [6.07, 6.45) is 0.327. The minimum absolute atomic E-state index is 0.00216. The van der Waals surface area contributed by atoms with Crippen LogP contribution in [0.25, 0.3) is 0 Å². The smallest absolute Gasteiger partial charge is 0.325 e. The van der Waals surface area contributed by atoms with Crippen LogP contribution in [-0.2, 0) is 15.1 Å². The van der Waals surface area contributed by atoms with E-state index in [2.05, 4.69) is 10.6 Å². The average Bonchev–Trinajstić information content (AvgIpc) is 2.93. The predicted molar refractivity (Wildman–Crippen MR) is 107 cm³/mol. The topological polar surface area (TPSA) is 108 Å². The minimum atomic E-state index is -1.24. The lowest BCUT2D eigenvalue weighted by atomic mass is 9.86. The fourth-order valence-electron chi connectivity index (χ4n) is 3.48. The van der Waals surface area contributed by atoms with Crippen LogP contribution >= 0.6 is 0 Å². The summed E-state index contributed by atoms with van der Waals surface area (Å²) in [5.41, 5.74) is 0.599. The number of urea groups is 1. The van der Waals surface area contributed by atoms with Crippen LogP contribution in [-0.4, -0.2) is 41.5 Å². The molecule has 2 aromatic carbocycles. The van der Waals surface area contributed by atoms with E-state index in [1.807, 2.05) is 6.92 Å². The lowest BCUT2D eigenvalue weighted by molar-refractivity contribution is -0.134. The number of benzene rings is 2. The Balaban J connectivity index is 1.82. The zero-order chi connectivity index (χ0) is 21.2. The lowest BCUT2D eigenvalue weighted by Gasteiger charge is -2.26. The molecule has 3 N–H and O–H groups in total. The molecule has 0 spiro atoms. The molecule has 1 unspecified atom stereocenters. The van der Waals surface area contributed by atoms with Gasteiger partial charge in [-0.15, -0.1) is 0 Å². The molecule has 1 atom stereocenters. The van der Waals surface area contributed by atoms with E-state index < -0.39 is 29.9 Å². The fraction of sp³-hybridized carbons (Fsp3) is 0.286. The van der Waals surface area contributed by atoms with Gasteiger partial charge in [-0.3, -0.25) is 14.5 Å². The molecule has 0 saturated carbocycles. The first-order valence-electron chi connectivity index (χ1n) is 9.19. The fourth-order valence-corrected chi connectivity index (χ4v) is 3.48. The van der Waals surface area contributed by atoms with E-state index in [4.69, 9.17) is 4.74 Å². The Hall–Kier alpha value is -3.55. The van der Waals surface area contributed by atoms with E-state index in [9.17, 15) is 19.5 Å². The van der Waals surface area contributed by atoms with Crippen molar-refractivity contribution < 1.29 is 24.2 Å². The first-order chi connectivity index (χ1) is 13.8. The highest BCUT2D eigenvalue weighted by atomic mass is 16.5. The molecule has 29 heavy (non-hydrogen) atoms. The maximum atomic E-state index is 13.2. The third kappa shape index (κ3) is 3.73. The molecule has 1 heterocycles. The molecule has 152 valence electrons. The number of rotatable bonds is 6. The van der Waals surface area contributed by atoms with E-state index in [1.54, 1.807) is 44.4 Å². The number of phenols is 1. The summed E-state index contributed by atoms with van der Waals surface area (Å²) in [6.45, 7) is 3.22. The van der Waals surface area contributed by atoms with Crippen molar-refractivity contribution in [2.24, 2.45) is 0 Å². The summed E-state index contributed by atoms with van der Waals surface area (Å²) in [7, 11) is 1.56. The number of carbonyl (C=O) groups is 3. The van der Waals surface area contributed by atoms with Gasteiger partial charge < -0.3 is 20.5 Å². The third-order valence-electron chi connectivity index (χ3n) is 5.03. The quantitative estimate of drug-likeness (QED) is 0.649. The maximum absolute atomic E-state index is 13.2. The number of amides is 4. The molecular weight excluding hydrogens is 374 g/mol. The molecule has 8 nitrogen and oxygen atoms in total. The summed E-state index contributed by atoms with van der Waals surface area (Å²) in [5, 5.41) is 14.8. The Morgan fingerprint density at radius 1 is 1.24 bits per heavy atom. The van der Waals surface area contributed by atoms with Crippen molar-refractivity contribution in [2.75, 3.05) is 19.0 Å². The normalized spacial score (nSPS) is 18.5. The molecule has 0 bridgehead atoms. The Labute approximate surface area is 168 Å². The van der Waals surface area contributed by atoms with E-state index >= 15 is 0 Å². The Morgan fingerprint density at radius 3 is 2.62 bits per heavy atom. The molecule has 1 saturated heterocycles. The monoisotopic (exact) mass is 397 g/mol. The van der Waals surface area contributed by atoms with E-state index in [1.165, 1.54) is 12.1 Å². The van der Waals surface area contributed by atoms with Crippen molar-refractivity contribution in [2.45, 2.75) is 25.8 Å². The number of carbonyl (C=O) groups excluding carboxylic acids is 3. The summed E-state index contributed by atoms with van der Waals surface area (Å²) >= 11 is 0. The number of anilines is 1. The highest BCUT2D eigenvalue weighted by molar-refractivity contribution is 6.10. The van der Waals surface area contributed by atoms with E-state index in [-0.39, 0.29) is 5.75 Å². The molecule has 0 aromatic heterocycles. The molecule has 2 aromatic rings. The Bertz CT molecular complexity index is 975. The van der Waals surface area contributed by atoms with Gasteiger partial charge in [-0.1, -0.05) is 19.1 Å². The number of aryl methyl sites for hydroxylation is 1. The number of ether oxygens (including phenoxy) is 1. The first-order valence-corrected chi connectivity index (χ1v) is 9.19. The maximum Gasteiger partial charge on any atom is 0.325 e. The van der Waals surface area contributed by atoms with Crippen LogP contribution in [0, 0.1) is 6.92 Å². The van der Waals surface area contributed by atoms with Crippen LogP contribution < -0.4 is 15.4 Å². The highest BCUT2D eigenvalue weighted by Gasteiger charge is 2.51. The van der Waals surface area contributed by atoms with Crippen LogP contribution in [0.5, 0.6) is 11.5 Å². The van der Waals surface area contributed by atoms with Gasteiger partial charge in [0.05, 0.1) is 7.11 Å². The average molecular weight is 397 g/mol. The first kappa shape index (κ1) is 20.2. The van der Waals surface area contributed by atoms with Gasteiger partial charge in [0, 0.05) is 11.8 Å². The summed E-state index contributed by atoms with van der Waals surface area (Å²) in [4.78, 5) is 39.0. The van der Waals surface area contributed by atoms with Gasteiger partial charge in [-0.2, -0.15) is 0 Å². The number of aromatic hydroxyl groups is 1. The summed E-state index contributed by atoms with van der Waals surface area (Å²) in [6, 6.07) is 10.7. The van der Waals surface area contributed by atoms with Gasteiger partial charge >= 0.3 is 6.03 Å². The zero-order valence-corrected chi connectivity index (χ0v) is 16.5. The lowest BCUT2D eigenvalue weighted by Crippen LogP contribution is -2.44. The number of phenolic OH excluding ortho intramolecular Hbond substituents is 1. The zero-order valence-electron chi connectivity index (χ0n) is 16.5. The molecule has 0 aliphatic carbocycles. The van der Waals surface area contributed by atoms with Crippen LogP contribution in [0.2, 0.25) is 0 Å². The van der Waals surface area contributed by atoms with Crippen molar-refractivity contribution in [1.29, 1.82) is 0 Å². The molecule has 0 radical (unpaired) electrons. The second-order valence-corrected chi connectivity index (χ2v) is 6.86. The van der Waals surface area contributed by atoms with Crippen LogP contribution in [0.4, 0.5) is 10.5 Å². The van der Waals surface area contributed by atoms with Crippen molar-refractivity contribution in [3.63, 3.8) is 0 Å². The van der Waals surface area contributed by atoms with Crippen molar-refractivity contribution in [3.05, 3.63) is 53.6 Å². The molecule has 1 aliphatic heterocycles. The van der Waals surface area contributed by atoms with Crippen molar-refractivity contribution >= 4 is 23.5 Å². The second kappa shape index (κ2) is 7.83. The standard InChI is InChI=1S/C21H23N3O5/c1-4-21(14-8-9-17(29-3)13(2)10-14)19(27)24(20(28)23-21)12-18(26)22-15-6-5-7-16(25)11-15/h5-11,25H,4,12H2,1-3H3,(H,22,26)(H,23,28). The second-order valence-electron chi connectivity index (χ2n) is 6.86. The predicted octanol–water partition coefficient (Wildman–Crippen LogP) is 2.51. The number of hydrogen-bond donors (Lipinski definition) is 3. The number of nitrogens with zero attached hydrogens (tertiary/aromatic N) is 1. The molecular formula is C21H23N3O5. The number of methoxy groups -OCH3 is 1. The largest absolute Gasteiger partial charge is 0.508 e. The molecule has 4 amide bonds. The van der Waals surface area contributed by atoms with Gasteiger partial charge in [0.25, 0.3) is 5.91 Å². The highest BCUT2D eigenvalue weighted by Crippen LogP contribution is 2.34. The van der Waals surface area contributed by atoms with Crippen LogP contribution in [0.15, 0.2) is 42.5 Å². The van der Waals surface area contributed by atoms with Gasteiger partial charge in [0.2, 0.25) is 5.91 Å². The molecule has 1 aliphatic rings. The van der Waals surface area contributed by atoms with Crippen molar-refractivity contribution in [3.8, 4) is 11.5 Å². The van der Waals surface area contributed by atoms with Crippen LogP contribution in [0.1, 0.15) is 24.5 Å². The van der Waals surface area contributed by atoms with E-state index in [0.717, 1.165) is 10.5 Å². The SMILES string of the molecule is CCC1(c2ccc(OC)c(C)c2)NC(=O)N(CC(=O)Nc2cccc(O)c2)C1=O. The van der Waals surface area contributed by atoms with Crippen molar-refractivity contribution in [1.82, 2.24) is 10.2 Å². The third-order valence-corrected chi connectivity index (χ3v) is 5.03. The molecule has 8 heteroatoms. The number of imide groups is 1. The van der Waals surface area contributed by atoms with Gasteiger partial charge in [0.1, 0.15) is 23.6 Å². The van der Waals surface area contributed by atoms with Gasteiger partial charge in [-0.25, -0.2) is 4.79 Å². The molecule has 3 rings (SSSR count). The summed E-state index contributed by atoms with van der Waals surface area (Å²) in [5.74, 6) is -0.352. The van der Waals surface area contributed by atoms with E-state index in [0.29, 0.717) is 23.4 Å². The molecule has 1 fully saturated rings. The minimum Gasteiger partial charge on any atom is -0.508 e. The Morgan fingerprint density at radius 2 is 2.00 bits per heavy atom. The number of hydrogen-bond acceptors (Lipinski definition) is 5. The Kier molecular flexibility index (Phi) is 5.45. The van der Waals surface area contributed by atoms with Crippen LogP contribution in [0.3, 0.4) is 0 Å². The van der Waals surface area contributed by atoms with Gasteiger partial charge in [-0.05, 0) is 48.7 Å². The summed E-state index contributed by atoms with van der Waals surface area (Å²) < 4.78 is 5.26. The number of nitrogens with one attached hydrogen (secondary N) is 2.